The molecule has 1 amide bonds. The zero-order valence-corrected chi connectivity index (χ0v) is 17.2. The number of ether oxygens (including phenoxy) is 1. The third-order valence-corrected chi connectivity index (χ3v) is 5.73. The second kappa shape index (κ2) is 9.64. The highest BCUT2D eigenvalue weighted by Crippen LogP contribution is 2.30. The maximum absolute atomic E-state index is 12.5. The number of benzene rings is 2. The van der Waals surface area contributed by atoms with Crippen molar-refractivity contribution < 1.29 is 14.3 Å². The molecule has 0 unspecified atom stereocenters. The first-order chi connectivity index (χ1) is 13.6. The number of nitrogens with one attached hydrogen (secondary N) is 1. The maximum atomic E-state index is 12.5. The summed E-state index contributed by atoms with van der Waals surface area (Å²) in [5.74, 6) is 0.670. The van der Waals surface area contributed by atoms with Crippen molar-refractivity contribution in [1.82, 2.24) is 0 Å². The van der Waals surface area contributed by atoms with Gasteiger partial charge in [0.25, 0.3) is 0 Å². The molecule has 0 atom stereocenters. The molecule has 0 spiro atoms. The van der Waals surface area contributed by atoms with Gasteiger partial charge in [-0.25, -0.2) is 4.79 Å². The number of hydrogen-bond donors (Lipinski definition) is 1. The van der Waals surface area contributed by atoms with E-state index in [0.29, 0.717) is 17.0 Å². The van der Waals surface area contributed by atoms with Crippen LogP contribution < -0.4 is 10.2 Å². The van der Waals surface area contributed by atoms with Crippen LogP contribution in [0.5, 0.6) is 0 Å². The van der Waals surface area contributed by atoms with Crippen LogP contribution in [0, 0.1) is 6.92 Å². The molecule has 1 heterocycles. The van der Waals surface area contributed by atoms with Gasteiger partial charge in [-0.15, -0.1) is 11.8 Å². The minimum Gasteiger partial charge on any atom is -0.465 e. The molecule has 5 nitrogen and oxygen atoms in total. The van der Waals surface area contributed by atoms with E-state index in [0.717, 1.165) is 37.4 Å². The maximum Gasteiger partial charge on any atom is 0.337 e. The molecule has 1 aliphatic rings. The molecule has 2 aromatic rings. The van der Waals surface area contributed by atoms with E-state index in [9.17, 15) is 9.59 Å². The average Bonchev–Trinajstić information content (AvgIpc) is 3.22. The Kier molecular flexibility index (Phi) is 6.98. The van der Waals surface area contributed by atoms with Gasteiger partial charge in [-0.2, -0.15) is 0 Å². The predicted molar refractivity (Wildman–Crippen MR) is 115 cm³/mol. The van der Waals surface area contributed by atoms with Crippen LogP contribution in [-0.2, 0) is 15.3 Å². The molecule has 1 aliphatic heterocycles. The van der Waals surface area contributed by atoms with Crippen LogP contribution in [0.25, 0.3) is 0 Å². The van der Waals surface area contributed by atoms with Crippen molar-refractivity contribution in [3.8, 4) is 0 Å². The Labute approximate surface area is 170 Å². The lowest BCUT2D eigenvalue weighted by Crippen LogP contribution is -2.22. The summed E-state index contributed by atoms with van der Waals surface area (Å²) in [5, 5.41) is 3.00. The molecule has 0 aromatic heterocycles. The molecule has 3 rings (SSSR count). The van der Waals surface area contributed by atoms with Crippen molar-refractivity contribution >= 4 is 35.0 Å². The number of carbonyl (C=O) groups excluding carboxylic acids is 2. The highest BCUT2D eigenvalue weighted by molar-refractivity contribution is 7.99. The van der Waals surface area contributed by atoms with Crippen LogP contribution in [0.4, 0.5) is 11.4 Å². The van der Waals surface area contributed by atoms with Crippen molar-refractivity contribution in [2.24, 2.45) is 0 Å². The third-order valence-electron chi connectivity index (χ3n) is 4.72. The molecule has 28 heavy (non-hydrogen) atoms. The molecule has 6 heteroatoms. The van der Waals surface area contributed by atoms with Crippen LogP contribution in [0.3, 0.4) is 0 Å². The molecule has 0 bridgehead atoms. The van der Waals surface area contributed by atoms with Crippen molar-refractivity contribution in [1.29, 1.82) is 0 Å². The number of rotatable bonds is 7. The minimum absolute atomic E-state index is 0.0693. The average molecular weight is 399 g/mol. The summed E-state index contributed by atoms with van der Waals surface area (Å²) >= 11 is 1.58. The fourth-order valence-electron chi connectivity index (χ4n) is 3.36. The zero-order chi connectivity index (χ0) is 19.9. The number of hydrogen-bond acceptors (Lipinski definition) is 5. The Balaban J connectivity index is 1.66. The largest absolute Gasteiger partial charge is 0.465 e. The summed E-state index contributed by atoms with van der Waals surface area (Å²) in [4.78, 5) is 26.7. The molecule has 2 aromatic carbocycles. The van der Waals surface area contributed by atoms with Gasteiger partial charge in [-0.1, -0.05) is 29.8 Å². The number of amides is 1. The Hall–Kier alpha value is -2.47. The lowest BCUT2D eigenvalue weighted by molar-refractivity contribution is -0.113. The first kappa shape index (κ1) is 20.3. The Bertz CT molecular complexity index is 847. The van der Waals surface area contributed by atoms with Crippen LogP contribution in [0.2, 0.25) is 0 Å². The van der Waals surface area contributed by atoms with E-state index in [1.807, 2.05) is 12.1 Å². The topological polar surface area (TPSA) is 58.6 Å². The van der Waals surface area contributed by atoms with E-state index in [4.69, 9.17) is 4.74 Å². The summed E-state index contributed by atoms with van der Waals surface area (Å²) in [7, 11) is 1.36. The molecule has 1 N–H and O–H groups in total. The van der Waals surface area contributed by atoms with Crippen LogP contribution >= 0.6 is 11.8 Å². The molecule has 1 saturated heterocycles. The third kappa shape index (κ3) is 5.29. The zero-order valence-electron chi connectivity index (χ0n) is 16.4. The minimum atomic E-state index is -0.405. The highest BCUT2D eigenvalue weighted by atomic mass is 32.2. The highest BCUT2D eigenvalue weighted by Gasteiger charge is 2.19. The second-order valence-electron chi connectivity index (χ2n) is 6.95. The summed E-state index contributed by atoms with van der Waals surface area (Å²) in [5.41, 5.74) is 4.50. The number of anilines is 2. The summed E-state index contributed by atoms with van der Waals surface area (Å²) < 4.78 is 4.82. The van der Waals surface area contributed by atoms with Crippen molar-refractivity contribution in [2.45, 2.75) is 25.5 Å². The number of thioether (sulfide) groups is 1. The fourth-order valence-corrected chi connectivity index (χ4v) is 4.14. The molecule has 148 valence electrons. The summed E-state index contributed by atoms with van der Waals surface area (Å²) in [6.07, 6.45) is 2.27. The molecule has 0 radical (unpaired) electrons. The Morgan fingerprint density at radius 3 is 2.64 bits per heavy atom. The molecule has 0 saturated carbocycles. The van der Waals surface area contributed by atoms with Gasteiger partial charge in [-0.3, -0.25) is 4.79 Å². The fraction of sp³-hybridized carbons (Fsp3) is 0.364. The van der Waals surface area contributed by atoms with E-state index < -0.39 is 5.97 Å². The van der Waals surface area contributed by atoms with Crippen LogP contribution in [-0.4, -0.2) is 37.8 Å². The van der Waals surface area contributed by atoms with Crippen molar-refractivity contribution in [3.63, 3.8) is 0 Å². The second-order valence-corrected chi connectivity index (χ2v) is 7.93. The van der Waals surface area contributed by atoms with E-state index in [2.05, 4.69) is 35.3 Å². The first-order valence-corrected chi connectivity index (χ1v) is 10.6. The smallest absolute Gasteiger partial charge is 0.337 e. The molecule has 0 aliphatic carbocycles. The normalized spacial score (nSPS) is 13.4. The quantitative estimate of drug-likeness (QED) is 0.707. The van der Waals surface area contributed by atoms with Gasteiger partial charge < -0.3 is 15.0 Å². The van der Waals surface area contributed by atoms with Gasteiger partial charge in [-0.05, 0) is 43.5 Å². The number of carbonyl (C=O) groups is 2. The van der Waals surface area contributed by atoms with Gasteiger partial charge in [0.2, 0.25) is 5.91 Å². The Morgan fingerprint density at radius 2 is 1.93 bits per heavy atom. The molecular weight excluding hydrogens is 372 g/mol. The van der Waals surface area contributed by atoms with Crippen LogP contribution in [0.1, 0.15) is 34.3 Å². The lowest BCUT2D eigenvalue weighted by atomic mass is 10.1. The molecular formula is C22H26N2O3S. The van der Waals surface area contributed by atoms with Crippen molar-refractivity contribution in [3.05, 3.63) is 59.2 Å². The number of nitrogens with zero attached hydrogens (tertiary/aromatic N) is 1. The van der Waals surface area contributed by atoms with Crippen LogP contribution in [0.15, 0.2) is 42.5 Å². The lowest BCUT2D eigenvalue weighted by Gasteiger charge is -2.22. The van der Waals surface area contributed by atoms with E-state index in [-0.39, 0.29) is 5.91 Å². The van der Waals surface area contributed by atoms with Gasteiger partial charge in [0.15, 0.2) is 0 Å². The standard InChI is InChI=1S/C22H26N2O3S/c1-16-6-5-7-17(12-16)14-28-15-21(25)23-19-13-18(22(26)27-2)8-9-20(19)24-10-3-4-11-24/h5-9,12-13H,3-4,10-11,14-15H2,1-2H3,(H,23,25). The molecule has 1 fully saturated rings. The van der Waals surface area contributed by atoms with E-state index in [1.165, 1.54) is 18.2 Å². The van der Waals surface area contributed by atoms with E-state index in [1.54, 1.807) is 23.9 Å². The first-order valence-electron chi connectivity index (χ1n) is 9.47. The summed E-state index contributed by atoms with van der Waals surface area (Å²) in [6, 6.07) is 13.7. The van der Waals surface area contributed by atoms with Gasteiger partial charge in [0.05, 0.1) is 29.8 Å². The number of aryl methyl sites for hydroxylation is 1. The summed E-state index contributed by atoms with van der Waals surface area (Å²) in [6.45, 7) is 3.99. The predicted octanol–water partition coefficient (Wildman–Crippen LogP) is 4.25. The van der Waals surface area contributed by atoms with Gasteiger partial charge in [0.1, 0.15) is 0 Å². The number of methoxy groups -OCH3 is 1. The van der Waals surface area contributed by atoms with Gasteiger partial charge >= 0.3 is 5.97 Å². The SMILES string of the molecule is COC(=O)c1ccc(N2CCCC2)c(NC(=O)CSCc2cccc(C)c2)c1. The Morgan fingerprint density at radius 1 is 1.14 bits per heavy atom. The van der Waals surface area contributed by atoms with Crippen molar-refractivity contribution in [2.75, 3.05) is 36.2 Å². The number of esters is 1. The van der Waals surface area contributed by atoms with E-state index >= 15 is 0 Å². The monoisotopic (exact) mass is 398 g/mol. The van der Waals surface area contributed by atoms with Gasteiger partial charge in [0, 0.05) is 18.8 Å².